The minimum Gasteiger partial charge on any atom is -0.469 e. The Kier molecular flexibility index (Phi) is 5.67. The molecule has 2 aromatic rings. The van der Waals surface area contributed by atoms with E-state index in [9.17, 15) is 9.59 Å². The Balaban J connectivity index is 1.84. The van der Waals surface area contributed by atoms with E-state index < -0.39 is 0 Å². The average molecular weight is 349 g/mol. The third-order valence-electron chi connectivity index (χ3n) is 3.85. The van der Waals surface area contributed by atoms with Gasteiger partial charge in [0.1, 0.15) is 5.76 Å². The molecule has 0 radical (unpaired) electrons. The van der Waals surface area contributed by atoms with Crippen LogP contribution in [0.25, 0.3) is 0 Å². The largest absolute Gasteiger partial charge is 0.469 e. The maximum Gasteiger partial charge on any atom is 0.255 e. The minimum absolute atomic E-state index is 0.0882. The zero-order valence-electron chi connectivity index (χ0n) is 14.0. The van der Waals surface area contributed by atoms with Crippen LogP contribution in [0.15, 0.2) is 41.0 Å². The van der Waals surface area contributed by atoms with Crippen molar-refractivity contribution in [1.82, 2.24) is 10.6 Å². The van der Waals surface area contributed by atoms with Crippen molar-refractivity contribution in [3.05, 3.63) is 58.5 Å². The van der Waals surface area contributed by atoms with Crippen LogP contribution in [-0.4, -0.2) is 24.9 Å². The van der Waals surface area contributed by atoms with Crippen molar-refractivity contribution in [3.8, 4) is 0 Å². The number of amides is 2. The summed E-state index contributed by atoms with van der Waals surface area (Å²) in [5.41, 5.74) is 1.20. The Morgan fingerprint density at radius 3 is 2.58 bits per heavy atom. The summed E-state index contributed by atoms with van der Waals surface area (Å²) < 4.78 is 5.07. The maximum absolute atomic E-state index is 12.0. The molecule has 1 aromatic heterocycles. The Labute approximate surface area is 146 Å². The van der Waals surface area contributed by atoms with Gasteiger partial charge < -0.3 is 15.1 Å². The van der Waals surface area contributed by atoms with E-state index in [4.69, 9.17) is 16.0 Å². The molecule has 0 spiro atoms. The second kappa shape index (κ2) is 7.53. The van der Waals surface area contributed by atoms with E-state index in [1.165, 1.54) is 6.26 Å². The van der Waals surface area contributed by atoms with Gasteiger partial charge in [0.15, 0.2) is 0 Å². The minimum atomic E-state index is -0.328. The molecule has 0 bridgehead atoms. The third-order valence-corrected chi connectivity index (χ3v) is 4.08. The summed E-state index contributed by atoms with van der Waals surface area (Å²) >= 11 is 6.02. The van der Waals surface area contributed by atoms with Crippen LogP contribution in [0.2, 0.25) is 5.02 Å². The number of halogens is 1. The van der Waals surface area contributed by atoms with E-state index in [0.29, 0.717) is 22.9 Å². The monoisotopic (exact) mass is 348 g/mol. The lowest BCUT2D eigenvalue weighted by Crippen LogP contribution is -2.42. The highest BCUT2D eigenvalue weighted by Crippen LogP contribution is 2.24. The van der Waals surface area contributed by atoms with E-state index in [0.717, 1.165) is 5.56 Å². The number of rotatable bonds is 6. The van der Waals surface area contributed by atoms with E-state index in [1.807, 2.05) is 38.1 Å². The number of carbonyl (C=O) groups excluding carboxylic acids is 2. The highest BCUT2D eigenvalue weighted by molar-refractivity contribution is 6.30. The summed E-state index contributed by atoms with van der Waals surface area (Å²) in [6.45, 7) is 6.09. The highest BCUT2D eigenvalue weighted by atomic mass is 35.5. The molecule has 0 aliphatic carbocycles. The molecule has 0 saturated carbocycles. The van der Waals surface area contributed by atoms with Crippen molar-refractivity contribution in [2.45, 2.75) is 26.2 Å². The number of furan rings is 1. The Bertz CT molecular complexity index is 737. The summed E-state index contributed by atoms with van der Waals surface area (Å²) in [7, 11) is 0. The Morgan fingerprint density at radius 2 is 1.96 bits per heavy atom. The zero-order chi connectivity index (χ0) is 17.7. The predicted octanol–water partition coefficient (Wildman–Crippen LogP) is 3.07. The first-order valence-corrected chi connectivity index (χ1v) is 8.02. The zero-order valence-corrected chi connectivity index (χ0v) is 14.7. The molecule has 0 aliphatic heterocycles. The van der Waals surface area contributed by atoms with E-state index >= 15 is 0 Å². The van der Waals surface area contributed by atoms with Gasteiger partial charge in [-0.15, -0.1) is 0 Å². The van der Waals surface area contributed by atoms with E-state index in [2.05, 4.69) is 10.6 Å². The van der Waals surface area contributed by atoms with Gasteiger partial charge in [-0.3, -0.25) is 9.59 Å². The SMILES string of the molecule is Cc1occc1C(=O)NCC(=O)NCC(C)(C)c1cccc(Cl)c1. The van der Waals surface area contributed by atoms with Gasteiger partial charge >= 0.3 is 0 Å². The molecule has 0 aliphatic rings. The van der Waals surface area contributed by atoms with Crippen LogP contribution in [-0.2, 0) is 10.2 Å². The van der Waals surface area contributed by atoms with Gasteiger partial charge in [0.2, 0.25) is 5.91 Å². The molecule has 1 heterocycles. The standard InChI is InChI=1S/C18H21ClN2O3/c1-12-15(7-8-24-12)17(23)20-10-16(22)21-11-18(2,3)13-5-4-6-14(19)9-13/h4-9H,10-11H2,1-3H3,(H,20,23)(H,21,22). The van der Waals surface area contributed by atoms with Gasteiger partial charge in [0.25, 0.3) is 5.91 Å². The van der Waals surface area contributed by atoms with E-state index in [-0.39, 0.29) is 23.8 Å². The van der Waals surface area contributed by atoms with Crippen LogP contribution in [0.3, 0.4) is 0 Å². The fourth-order valence-corrected chi connectivity index (χ4v) is 2.46. The maximum atomic E-state index is 12.0. The summed E-state index contributed by atoms with van der Waals surface area (Å²) in [5, 5.41) is 6.08. The highest BCUT2D eigenvalue weighted by Gasteiger charge is 2.22. The number of hydrogen-bond donors (Lipinski definition) is 2. The molecule has 24 heavy (non-hydrogen) atoms. The second-order valence-corrected chi connectivity index (χ2v) is 6.68. The first-order valence-electron chi connectivity index (χ1n) is 7.64. The number of nitrogens with one attached hydrogen (secondary N) is 2. The molecular weight excluding hydrogens is 328 g/mol. The first kappa shape index (κ1) is 18.1. The molecule has 6 heteroatoms. The van der Waals surface area contributed by atoms with Crippen LogP contribution in [0.4, 0.5) is 0 Å². The van der Waals surface area contributed by atoms with Gasteiger partial charge in [-0.2, -0.15) is 0 Å². The molecule has 0 unspecified atom stereocenters. The van der Waals surface area contributed by atoms with E-state index in [1.54, 1.807) is 13.0 Å². The van der Waals surface area contributed by atoms with Crippen molar-refractivity contribution in [1.29, 1.82) is 0 Å². The smallest absolute Gasteiger partial charge is 0.255 e. The second-order valence-electron chi connectivity index (χ2n) is 6.24. The van der Waals surface area contributed by atoms with Gasteiger partial charge in [-0.25, -0.2) is 0 Å². The quantitative estimate of drug-likeness (QED) is 0.842. The Morgan fingerprint density at radius 1 is 1.21 bits per heavy atom. The molecule has 0 atom stereocenters. The molecule has 2 N–H and O–H groups in total. The number of aryl methyl sites for hydroxylation is 1. The summed E-state index contributed by atoms with van der Waals surface area (Å²) in [6.07, 6.45) is 1.44. The van der Waals surface area contributed by atoms with Gasteiger partial charge in [-0.1, -0.05) is 37.6 Å². The number of hydrogen-bond acceptors (Lipinski definition) is 3. The molecule has 2 amide bonds. The van der Waals surface area contributed by atoms with Crippen LogP contribution in [0.5, 0.6) is 0 Å². The lowest BCUT2D eigenvalue weighted by molar-refractivity contribution is -0.120. The topological polar surface area (TPSA) is 71.3 Å². The molecule has 0 fully saturated rings. The molecular formula is C18H21ClN2O3. The number of benzene rings is 1. The van der Waals surface area contributed by atoms with Crippen molar-refractivity contribution in [2.24, 2.45) is 0 Å². The van der Waals surface area contributed by atoms with Crippen molar-refractivity contribution in [3.63, 3.8) is 0 Å². The van der Waals surface area contributed by atoms with Crippen molar-refractivity contribution in [2.75, 3.05) is 13.1 Å². The van der Waals surface area contributed by atoms with Crippen LogP contribution < -0.4 is 10.6 Å². The van der Waals surface area contributed by atoms with Gasteiger partial charge in [0.05, 0.1) is 18.4 Å². The fraction of sp³-hybridized carbons (Fsp3) is 0.333. The van der Waals surface area contributed by atoms with Crippen LogP contribution in [0, 0.1) is 6.92 Å². The van der Waals surface area contributed by atoms with Gasteiger partial charge in [-0.05, 0) is 30.7 Å². The van der Waals surface area contributed by atoms with Gasteiger partial charge in [0, 0.05) is 17.0 Å². The number of carbonyl (C=O) groups is 2. The summed E-state index contributed by atoms with van der Waals surface area (Å²) in [6, 6.07) is 9.13. The van der Waals surface area contributed by atoms with Crippen molar-refractivity contribution < 1.29 is 14.0 Å². The van der Waals surface area contributed by atoms with Crippen LogP contribution >= 0.6 is 11.6 Å². The summed E-state index contributed by atoms with van der Waals surface area (Å²) in [4.78, 5) is 23.9. The van der Waals surface area contributed by atoms with Crippen LogP contribution in [0.1, 0.15) is 35.5 Å². The average Bonchev–Trinajstić information content (AvgIpc) is 2.97. The lowest BCUT2D eigenvalue weighted by atomic mass is 9.84. The normalized spacial score (nSPS) is 11.2. The molecule has 0 saturated heterocycles. The fourth-order valence-electron chi connectivity index (χ4n) is 2.27. The molecule has 128 valence electrons. The predicted molar refractivity (Wildman–Crippen MR) is 93.3 cm³/mol. The first-order chi connectivity index (χ1) is 11.3. The lowest BCUT2D eigenvalue weighted by Gasteiger charge is -2.26. The molecule has 1 aromatic carbocycles. The summed E-state index contributed by atoms with van der Waals surface area (Å²) in [5.74, 6) is -0.0555. The molecule has 5 nitrogen and oxygen atoms in total. The Hall–Kier alpha value is -2.27. The molecule has 2 rings (SSSR count). The van der Waals surface area contributed by atoms with Crippen molar-refractivity contribution >= 4 is 23.4 Å². The third kappa shape index (κ3) is 4.61.